The van der Waals surface area contributed by atoms with Gasteiger partial charge in [-0.05, 0) is 11.1 Å². The molecular weight excluding hydrogens is 265 g/mol. The number of benzene rings is 1. The topological polar surface area (TPSA) is 89.6 Å². The summed E-state index contributed by atoms with van der Waals surface area (Å²) in [5.74, 6) is -0.522. The monoisotopic (exact) mass is 279 g/mol. The minimum atomic E-state index is -0.877. The molecule has 2 aromatic rings. The van der Waals surface area contributed by atoms with E-state index in [1.54, 1.807) is 24.3 Å². The van der Waals surface area contributed by atoms with Gasteiger partial charge < -0.3 is 15.6 Å². The fraction of sp³-hybridized carbons (Fsp3) is 0.286. The van der Waals surface area contributed by atoms with E-state index in [0.29, 0.717) is 11.1 Å². The molecule has 0 aromatic heterocycles. The summed E-state index contributed by atoms with van der Waals surface area (Å²) in [6.07, 6.45) is -0.602. The van der Waals surface area contributed by atoms with E-state index in [1.165, 1.54) is 7.11 Å². The smallest absolute Gasteiger partial charge is 0.268 e. The molecule has 3 N–H and O–H groups in total. The van der Waals surface area contributed by atoms with Gasteiger partial charge in [0.1, 0.15) is 6.67 Å². The first-order valence-electron chi connectivity index (χ1n) is 5.98. The van der Waals surface area contributed by atoms with Gasteiger partial charge in [0.25, 0.3) is 5.43 Å². The van der Waals surface area contributed by atoms with E-state index in [1.807, 2.05) is 0 Å². The number of halogens is 1. The van der Waals surface area contributed by atoms with Crippen molar-refractivity contribution in [2.75, 3.05) is 13.8 Å². The van der Waals surface area contributed by atoms with Gasteiger partial charge in [0.05, 0.1) is 17.7 Å². The fourth-order valence-corrected chi connectivity index (χ4v) is 2.13. The first-order valence-corrected chi connectivity index (χ1v) is 5.98. The average molecular weight is 279 g/mol. The summed E-state index contributed by atoms with van der Waals surface area (Å²) >= 11 is 0. The third-order valence-corrected chi connectivity index (χ3v) is 3.23. The summed E-state index contributed by atoms with van der Waals surface area (Å²) in [4.78, 5) is 22.3. The van der Waals surface area contributed by atoms with Gasteiger partial charge >= 0.3 is 0 Å². The number of aromatic hydroxyl groups is 1. The number of hydrogen-bond acceptors (Lipinski definition) is 5. The van der Waals surface area contributed by atoms with Gasteiger partial charge in [0.15, 0.2) is 5.75 Å². The maximum absolute atomic E-state index is 12.6. The summed E-state index contributed by atoms with van der Waals surface area (Å²) in [7, 11) is 1.43. The van der Waals surface area contributed by atoms with Crippen LogP contribution in [0.5, 0.6) is 5.75 Å². The van der Waals surface area contributed by atoms with Crippen LogP contribution in [0.4, 0.5) is 4.39 Å². The highest BCUT2D eigenvalue weighted by atomic mass is 19.1. The van der Waals surface area contributed by atoms with Crippen molar-refractivity contribution in [2.24, 2.45) is 5.73 Å². The number of alkyl halides is 1. The molecule has 5 nitrogen and oxygen atoms in total. The van der Waals surface area contributed by atoms with Crippen LogP contribution in [0.15, 0.2) is 33.9 Å². The van der Waals surface area contributed by atoms with Crippen molar-refractivity contribution < 1.29 is 14.2 Å². The number of hydrogen-bond donors (Lipinski definition) is 2. The zero-order chi connectivity index (χ0) is 14.9. The lowest BCUT2D eigenvalue weighted by Crippen LogP contribution is -2.32. The Bertz CT molecular complexity index is 673. The zero-order valence-electron chi connectivity index (χ0n) is 10.8. The zero-order valence-corrected chi connectivity index (χ0v) is 10.8. The molecule has 0 aliphatic heterocycles. The van der Waals surface area contributed by atoms with Crippen LogP contribution in [0.2, 0.25) is 0 Å². The lowest BCUT2D eigenvalue weighted by Gasteiger charge is -2.20. The Balaban J connectivity index is 2.31. The van der Waals surface area contributed by atoms with Crippen molar-refractivity contribution in [1.82, 2.24) is 0 Å². The molecular formula is C14H14FNO4. The fourth-order valence-electron chi connectivity index (χ4n) is 2.13. The van der Waals surface area contributed by atoms with Crippen LogP contribution < -0.4 is 16.6 Å². The normalized spacial score (nSPS) is 14.3. The predicted octanol–water partition coefficient (Wildman–Crippen LogP) is 0.639. The van der Waals surface area contributed by atoms with E-state index in [4.69, 9.17) is 10.5 Å². The quantitative estimate of drug-likeness (QED) is 0.784. The third-order valence-electron chi connectivity index (χ3n) is 3.23. The van der Waals surface area contributed by atoms with Crippen LogP contribution in [0.3, 0.4) is 0 Å². The molecule has 2 rings (SSSR count). The Morgan fingerprint density at radius 1 is 1.25 bits per heavy atom. The van der Waals surface area contributed by atoms with Gasteiger partial charge in [0, 0.05) is 7.11 Å². The molecule has 2 aromatic carbocycles. The minimum Gasteiger partial charge on any atom is -0.503 e. The molecule has 106 valence electrons. The van der Waals surface area contributed by atoms with Crippen LogP contribution in [-0.4, -0.2) is 24.9 Å². The maximum Gasteiger partial charge on any atom is 0.268 e. The SMILES string of the molecule is COC(c1ccc(-c2c(O)c(=O)c2=O)cc1)C(N)CF. The van der Waals surface area contributed by atoms with Crippen molar-refractivity contribution in [3.05, 3.63) is 50.3 Å². The van der Waals surface area contributed by atoms with Gasteiger partial charge in [-0.2, -0.15) is 0 Å². The molecule has 6 heteroatoms. The summed E-state index contributed by atoms with van der Waals surface area (Å²) < 4.78 is 17.7. The Morgan fingerprint density at radius 3 is 2.30 bits per heavy atom. The van der Waals surface area contributed by atoms with Crippen LogP contribution in [0.1, 0.15) is 11.7 Å². The van der Waals surface area contributed by atoms with Gasteiger partial charge in [-0.3, -0.25) is 9.59 Å². The highest BCUT2D eigenvalue weighted by Crippen LogP contribution is 2.27. The van der Waals surface area contributed by atoms with Crippen LogP contribution >= 0.6 is 0 Å². The molecule has 0 radical (unpaired) electrons. The van der Waals surface area contributed by atoms with Gasteiger partial charge in [-0.25, -0.2) is 4.39 Å². The number of methoxy groups -OCH3 is 1. The highest BCUT2D eigenvalue weighted by Gasteiger charge is 2.23. The number of ether oxygens (including phenoxy) is 1. The van der Waals surface area contributed by atoms with Crippen molar-refractivity contribution in [1.29, 1.82) is 0 Å². The molecule has 2 atom stereocenters. The standard InChI is InChI=1S/C14H14FNO4/c1-20-14(9(16)6-15)8-4-2-7(3-5-8)10-11(17)13(19)12(10)18/h2-5,9,14,17H,6,16H2,1H3. The third kappa shape index (κ3) is 2.23. The van der Waals surface area contributed by atoms with E-state index in [-0.39, 0.29) is 5.56 Å². The van der Waals surface area contributed by atoms with Gasteiger partial charge in [-0.15, -0.1) is 0 Å². The molecule has 20 heavy (non-hydrogen) atoms. The summed E-state index contributed by atoms with van der Waals surface area (Å²) in [5, 5.41) is 9.37. The molecule has 0 aliphatic carbocycles. The average Bonchev–Trinajstić information content (AvgIpc) is 2.49. The van der Waals surface area contributed by atoms with Crippen LogP contribution in [0, 0.1) is 0 Å². The highest BCUT2D eigenvalue weighted by molar-refractivity contribution is 5.73. The first kappa shape index (κ1) is 14.4. The van der Waals surface area contributed by atoms with Gasteiger partial charge in [0.2, 0.25) is 5.43 Å². The van der Waals surface area contributed by atoms with Crippen molar-refractivity contribution in [3.8, 4) is 16.9 Å². The summed E-state index contributed by atoms with van der Waals surface area (Å²) in [6, 6.07) is 5.57. The molecule has 2 unspecified atom stereocenters. The predicted molar refractivity (Wildman–Crippen MR) is 72.2 cm³/mol. The van der Waals surface area contributed by atoms with Crippen LogP contribution in [-0.2, 0) is 4.74 Å². The molecule has 0 saturated heterocycles. The molecule has 0 heterocycles. The molecule has 0 amide bonds. The second-order valence-corrected chi connectivity index (χ2v) is 4.48. The maximum atomic E-state index is 12.6. The first-order chi connectivity index (χ1) is 9.51. The second-order valence-electron chi connectivity index (χ2n) is 4.48. The van der Waals surface area contributed by atoms with Crippen molar-refractivity contribution in [2.45, 2.75) is 12.1 Å². The number of nitrogens with two attached hydrogens (primary N) is 1. The Hall–Kier alpha value is -2.05. The van der Waals surface area contributed by atoms with E-state index < -0.39 is 35.4 Å². The molecule has 0 bridgehead atoms. The van der Waals surface area contributed by atoms with Crippen molar-refractivity contribution in [3.63, 3.8) is 0 Å². The Kier molecular flexibility index (Phi) is 3.96. The lowest BCUT2D eigenvalue weighted by molar-refractivity contribution is 0.0721. The molecule has 0 saturated carbocycles. The van der Waals surface area contributed by atoms with Crippen LogP contribution in [0.25, 0.3) is 11.1 Å². The van der Waals surface area contributed by atoms with Crippen molar-refractivity contribution >= 4 is 0 Å². The largest absolute Gasteiger partial charge is 0.503 e. The molecule has 0 fully saturated rings. The molecule has 0 aliphatic rings. The summed E-state index contributed by atoms with van der Waals surface area (Å²) in [5.41, 5.74) is 5.11. The minimum absolute atomic E-state index is 0.00491. The van der Waals surface area contributed by atoms with Gasteiger partial charge in [-0.1, -0.05) is 24.3 Å². The number of rotatable bonds is 5. The Labute approximate surface area is 114 Å². The van der Waals surface area contributed by atoms with E-state index >= 15 is 0 Å². The summed E-state index contributed by atoms with van der Waals surface area (Å²) in [6.45, 7) is -0.723. The Morgan fingerprint density at radius 2 is 1.85 bits per heavy atom. The van der Waals surface area contributed by atoms with E-state index in [9.17, 15) is 19.1 Å². The van der Waals surface area contributed by atoms with E-state index in [2.05, 4.69) is 0 Å². The lowest BCUT2D eigenvalue weighted by atomic mass is 9.96. The van der Waals surface area contributed by atoms with E-state index in [0.717, 1.165) is 0 Å². The molecule has 0 spiro atoms. The second kappa shape index (κ2) is 5.52.